The Morgan fingerprint density at radius 3 is 2.29 bits per heavy atom. The summed E-state index contributed by atoms with van der Waals surface area (Å²) in [6.45, 7) is 5.44. The minimum absolute atomic E-state index is 0.349. The van der Waals surface area contributed by atoms with E-state index in [1.54, 1.807) is 0 Å². The number of rotatable bonds is 8. The van der Waals surface area contributed by atoms with Gasteiger partial charge in [0.2, 0.25) is 0 Å². The Morgan fingerprint density at radius 1 is 1.14 bits per heavy atom. The second-order valence-electron chi connectivity index (χ2n) is 4.47. The highest BCUT2D eigenvalue weighted by Crippen LogP contribution is 1.99. The first-order chi connectivity index (χ1) is 6.56. The molecule has 0 rings (SSSR count). The van der Waals surface area contributed by atoms with Gasteiger partial charge in [-0.05, 0) is 27.6 Å². The summed E-state index contributed by atoms with van der Waals surface area (Å²) < 4.78 is 0. The van der Waals surface area contributed by atoms with E-state index < -0.39 is 0 Å². The van der Waals surface area contributed by atoms with Crippen LogP contribution in [0.25, 0.3) is 0 Å². The van der Waals surface area contributed by atoms with E-state index >= 15 is 0 Å². The molecule has 0 aliphatic carbocycles. The van der Waals surface area contributed by atoms with Crippen LogP contribution >= 0.6 is 0 Å². The van der Waals surface area contributed by atoms with Crippen LogP contribution in [0.4, 0.5) is 0 Å². The highest BCUT2D eigenvalue weighted by Gasteiger charge is 2.06. The van der Waals surface area contributed by atoms with E-state index in [-0.39, 0.29) is 0 Å². The van der Waals surface area contributed by atoms with Gasteiger partial charge in [-0.3, -0.25) is 0 Å². The van der Waals surface area contributed by atoms with Gasteiger partial charge in [-0.25, -0.2) is 0 Å². The third-order valence-corrected chi connectivity index (χ3v) is 2.40. The minimum atomic E-state index is 0.349. The van der Waals surface area contributed by atoms with Gasteiger partial charge in [0, 0.05) is 25.7 Å². The lowest BCUT2D eigenvalue weighted by Gasteiger charge is -2.22. The maximum atomic E-state index is 6.01. The second kappa shape index (κ2) is 8.21. The Labute approximate surface area is 89.2 Å². The zero-order valence-electron chi connectivity index (χ0n) is 10.3. The smallest absolute Gasteiger partial charge is 0.0167 e. The van der Waals surface area contributed by atoms with Crippen LogP contribution in [0.5, 0.6) is 0 Å². The van der Waals surface area contributed by atoms with Crippen LogP contribution in [0.3, 0.4) is 0 Å². The zero-order valence-corrected chi connectivity index (χ0v) is 10.3. The fourth-order valence-electron chi connectivity index (χ4n) is 1.42. The van der Waals surface area contributed by atoms with Crippen LogP contribution in [0.1, 0.15) is 26.2 Å². The van der Waals surface area contributed by atoms with Crippen molar-refractivity contribution in [1.29, 1.82) is 0 Å². The van der Waals surface area contributed by atoms with Crippen LogP contribution in [0, 0.1) is 0 Å². The number of nitrogens with zero attached hydrogens (tertiary/aromatic N) is 2. The van der Waals surface area contributed by atoms with Gasteiger partial charge in [-0.2, -0.15) is 0 Å². The van der Waals surface area contributed by atoms with E-state index in [0.29, 0.717) is 6.04 Å². The molecular formula is C11H27N3. The highest BCUT2D eigenvalue weighted by molar-refractivity contribution is 4.66. The summed E-state index contributed by atoms with van der Waals surface area (Å²) >= 11 is 0. The summed E-state index contributed by atoms with van der Waals surface area (Å²) in [6, 6.07) is 0.349. The largest absolute Gasteiger partial charge is 0.327 e. The normalized spacial score (nSPS) is 13.9. The fourth-order valence-corrected chi connectivity index (χ4v) is 1.42. The van der Waals surface area contributed by atoms with Gasteiger partial charge >= 0.3 is 0 Å². The highest BCUT2D eigenvalue weighted by atomic mass is 15.2. The quantitative estimate of drug-likeness (QED) is 0.636. The molecule has 1 atom stereocenters. The second-order valence-corrected chi connectivity index (χ2v) is 4.47. The molecule has 0 heterocycles. The lowest BCUT2D eigenvalue weighted by Crippen LogP contribution is -2.38. The van der Waals surface area contributed by atoms with Crippen LogP contribution in [0.15, 0.2) is 0 Å². The molecule has 0 saturated carbocycles. The topological polar surface area (TPSA) is 32.5 Å². The summed E-state index contributed by atoms with van der Waals surface area (Å²) in [6.07, 6.45) is 3.65. The molecule has 86 valence electrons. The van der Waals surface area contributed by atoms with Crippen molar-refractivity contribution in [2.75, 3.05) is 40.8 Å². The number of nitrogens with two attached hydrogens (primary N) is 1. The van der Waals surface area contributed by atoms with Crippen molar-refractivity contribution in [1.82, 2.24) is 9.80 Å². The van der Waals surface area contributed by atoms with Crippen molar-refractivity contribution >= 4 is 0 Å². The van der Waals surface area contributed by atoms with Crippen molar-refractivity contribution in [2.24, 2.45) is 5.73 Å². The molecular weight excluding hydrogens is 174 g/mol. The van der Waals surface area contributed by atoms with Gasteiger partial charge in [0.1, 0.15) is 0 Å². The van der Waals surface area contributed by atoms with Crippen molar-refractivity contribution in [3.63, 3.8) is 0 Å². The van der Waals surface area contributed by atoms with E-state index in [4.69, 9.17) is 5.73 Å². The monoisotopic (exact) mass is 201 g/mol. The first-order valence-electron chi connectivity index (χ1n) is 5.65. The van der Waals surface area contributed by atoms with Crippen molar-refractivity contribution in [3.8, 4) is 0 Å². The first-order valence-corrected chi connectivity index (χ1v) is 5.65. The van der Waals surface area contributed by atoms with E-state index in [1.165, 1.54) is 12.8 Å². The molecule has 3 heteroatoms. The number of unbranched alkanes of at least 4 members (excludes halogenated alkanes) is 1. The summed E-state index contributed by atoms with van der Waals surface area (Å²) in [5.74, 6) is 0. The summed E-state index contributed by atoms with van der Waals surface area (Å²) in [5, 5.41) is 0. The molecule has 3 nitrogen and oxygen atoms in total. The number of likely N-dealkylation sites (N-methyl/N-ethyl adjacent to an activating group) is 2. The average molecular weight is 201 g/mol. The number of hydrogen-bond acceptors (Lipinski definition) is 3. The Morgan fingerprint density at radius 2 is 1.79 bits per heavy atom. The van der Waals surface area contributed by atoms with Crippen LogP contribution in [-0.4, -0.2) is 56.6 Å². The lowest BCUT2D eigenvalue weighted by atomic mass is 10.1. The van der Waals surface area contributed by atoms with Crippen LogP contribution < -0.4 is 5.73 Å². The summed E-state index contributed by atoms with van der Waals surface area (Å²) in [7, 11) is 6.35. The molecule has 1 unspecified atom stereocenters. The van der Waals surface area contributed by atoms with Crippen LogP contribution in [-0.2, 0) is 0 Å². The Balaban J connectivity index is 3.44. The summed E-state index contributed by atoms with van der Waals surface area (Å²) in [4.78, 5) is 4.52. The third-order valence-electron chi connectivity index (χ3n) is 2.40. The molecule has 0 aliphatic rings. The zero-order chi connectivity index (χ0) is 11.0. The van der Waals surface area contributed by atoms with Gasteiger partial charge in [0.15, 0.2) is 0 Å². The molecule has 0 aliphatic heterocycles. The molecule has 2 N–H and O–H groups in total. The van der Waals surface area contributed by atoms with Crippen LogP contribution in [0.2, 0.25) is 0 Å². The molecule has 0 fully saturated rings. The predicted molar refractivity (Wildman–Crippen MR) is 63.6 cm³/mol. The molecule has 0 aromatic carbocycles. The van der Waals surface area contributed by atoms with Gasteiger partial charge < -0.3 is 15.5 Å². The van der Waals surface area contributed by atoms with Gasteiger partial charge in [-0.15, -0.1) is 0 Å². The van der Waals surface area contributed by atoms with Crippen molar-refractivity contribution in [3.05, 3.63) is 0 Å². The van der Waals surface area contributed by atoms with E-state index in [0.717, 1.165) is 26.1 Å². The molecule has 14 heavy (non-hydrogen) atoms. The van der Waals surface area contributed by atoms with E-state index in [2.05, 4.69) is 37.9 Å². The fraction of sp³-hybridized carbons (Fsp3) is 1.00. The van der Waals surface area contributed by atoms with Gasteiger partial charge in [0.25, 0.3) is 0 Å². The maximum absolute atomic E-state index is 6.01. The van der Waals surface area contributed by atoms with Gasteiger partial charge in [0.05, 0.1) is 0 Å². The molecule has 0 spiro atoms. The molecule has 0 amide bonds. The number of hydrogen-bond donors (Lipinski definition) is 1. The first kappa shape index (κ1) is 13.9. The standard InChI is InChI=1S/C11H27N3/c1-5-6-7-11(12)10-14(4)9-8-13(2)3/h11H,5-10,12H2,1-4H3. The average Bonchev–Trinajstić information content (AvgIpc) is 2.11. The van der Waals surface area contributed by atoms with E-state index in [1.807, 2.05) is 0 Å². The predicted octanol–water partition coefficient (Wildman–Crippen LogP) is 0.997. The molecule has 0 saturated heterocycles. The summed E-state index contributed by atoms with van der Waals surface area (Å²) in [5.41, 5.74) is 6.01. The molecule has 0 radical (unpaired) electrons. The SMILES string of the molecule is CCCCC(N)CN(C)CCN(C)C. The maximum Gasteiger partial charge on any atom is 0.0167 e. The van der Waals surface area contributed by atoms with E-state index in [9.17, 15) is 0 Å². The minimum Gasteiger partial charge on any atom is -0.327 e. The Bertz CT molecular complexity index is 126. The third kappa shape index (κ3) is 8.48. The molecule has 0 bridgehead atoms. The molecule has 0 aromatic heterocycles. The molecule has 0 aromatic rings. The Kier molecular flexibility index (Phi) is 8.14. The Hall–Kier alpha value is -0.120. The van der Waals surface area contributed by atoms with Crippen molar-refractivity contribution < 1.29 is 0 Å². The van der Waals surface area contributed by atoms with Crippen molar-refractivity contribution in [2.45, 2.75) is 32.2 Å². The van der Waals surface area contributed by atoms with Gasteiger partial charge in [-0.1, -0.05) is 19.8 Å². The lowest BCUT2D eigenvalue weighted by molar-refractivity contribution is 0.264.